The van der Waals surface area contributed by atoms with Gasteiger partial charge in [-0.1, -0.05) is 14.4 Å². The van der Waals surface area contributed by atoms with Crippen LogP contribution in [0, 0.1) is 11.8 Å². The molecule has 142 valence electrons. The van der Waals surface area contributed by atoms with E-state index in [9.17, 15) is 0 Å². The molecule has 2 heterocycles. The Kier molecular flexibility index (Phi) is 13.7. The maximum Gasteiger partial charge on any atom is 0.162 e. The van der Waals surface area contributed by atoms with Gasteiger partial charge in [-0.3, -0.25) is 0 Å². The third-order valence-corrected chi connectivity index (χ3v) is 3.50. The van der Waals surface area contributed by atoms with Crippen molar-refractivity contribution in [2.75, 3.05) is 39.4 Å². The predicted octanol–water partition coefficient (Wildman–Crippen LogP) is 3.66. The van der Waals surface area contributed by atoms with Crippen LogP contribution in [0.1, 0.15) is 48.5 Å². The van der Waals surface area contributed by atoms with Crippen molar-refractivity contribution in [3.8, 4) is 0 Å². The quantitative estimate of drug-likeness (QED) is 0.765. The fraction of sp³-hybridized carbons (Fsp3) is 1.00. The van der Waals surface area contributed by atoms with E-state index in [1.54, 1.807) is 0 Å². The molecule has 6 heteroatoms. The molecule has 0 bridgehead atoms. The fourth-order valence-electron chi connectivity index (χ4n) is 1.79. The first-order chi connectivity index (χ1) is 10.3. The van der Waals surface area contributed by atoms with Gasteiger partial charge in [0.15, 0.2) is 11.6 Å². The van der Waals surface area contributed by atoms with E-state index in [0.717, 1.165) is 19.6 Å². The Morgan fingerprint density at radius 3 is 1.39 bits per heavy atom. The van der Waals surface area contributed by atoms with Gasteiger partial charge in [-0.05, 0) is 34.1 Å². The number of aliphatic hydroxyl groups is 1. The Labute approximate surface area is 147 Å². The average molecular weight is 357 g/mol. The SMILES string of the molecule is C.CC1(C)OCC(CO)CO1.CCC1COC(C)(C)OC1.CCl. The normalized spacial score (nSPS) is 23.5. The summed E-state index contributed by atoms with van der Waals surface area (Å²) in [6, 6.07) is 0. The lowest BCUT2D eigenvalue weighted by molar-refractivity contribution is -0.265. The van der Waals surface area contributed by atoms with E-state index >= 15 is 0 Å². The Balaban J connectivity index is 0. The highest BCUT2D eigenvalue weighted by molar-refractivity contribution is 6.15. The molecule has 2 rings (SSSR count). The zero-order valence-electron chi connectivity index (χ0n) is 14.9. The van der Waals surface area contributed by atoms with Crippen LogP contribution in [-0.2, 0) is 18.9 Å². The molecule has 1 N–H and O–H groups in total. The summed E-state index contributed by atoms with van der Waals surface area (Å²) in [4.78, 5) is 0. The predicted molar refractivity (Wildman–Crippen MR) is 94.8 cm³/mol. The summed E-state index contributed by atoms with van der Waals surface area (Å²) >= 11 is 4.64. The van der Waals surface area contributed by atoms with E-state index in [0.29, 0.717) is 19.1 Å². The Morgan fingerprint density at radius 1 is 0.826 bits per heavy atom. The molecule has 0 aromatic heterocycles. The highest BCUT2D eigenvalue weighted by Gasteiger charge is 2.28. The summed E-state index contributed by atoms with van der Waals surface area (Å²) in [7, 11) is 0. The third-order valence-electron chi connectivity index (χ3n) is 3.50. The van der Waals surface area contributed by atoms with Crippen LogP contribution >= 0.6 is 11.6 Å². The largest absolute Gasteiger partial charge is 0.396 e. The number of halogens is 1. The van der Waals surface area contributed by atoms with E-state index in [1.165, 1.54) is 6.38 Å². The van der Waals surface area contributed by atoms with Crippen molar-refractivity contribution in [3.05, 3.63) is 0 Å². The molecular weight excluding hydrogens is 320 g/mol. The molecule has 0 radical (unpaired) electrons. The first kappa shape index (κ1) is 25.3. The average Bonchev–Trinajstić information content (AvgIpc) is 2.50. The smallest absolute Gasteiger partial charge is 0.162 e. The van der Waals surface area contributed by atoms with E-state index in [-0.39, 0.29) is 25.7 Å². The molecule has 0 saturated carbocycles. The number of hydrogen-bond donors (Lipinski definition) is 1. The summed E-state index contributed by atoms with van der Waals surface area (Å²) in [5.41, 5.74) is 0. The fourth-order valence-corrected chi connectivity index (χ4v) is 1.79. The molecule has 2 aliphatic heterocycles. The molecule has 0 aromatic carbocycles. The van der Waals surface area contributed by atoms with Crippen LogP contribution in [-0.4, -0.2) is 56.1 Å². The summed E-state index contributed by atoms with van der Waals surface area (Å²) in [5.74, 6) is -0.0294. The van der Waals surface area contributed by atoms with Crippen LogP contribution in [0.4, 0.5) is 0 Å². The monoisotopic (exact) mass is 356 g/mol. The lowest BCUT2D eigenvalue weighted by Crippen LogP contribution is -2.40. The summed E-state index contributed by atoms with van der Waals surface area (Å²) in [5, 5.41) is 8.70. The van der Waals surface area contributed by atoms with Gasteiger partial charge in [0.25, 0.3) is 0 Å². The molecule has 0 atom stereocenters. The first-order valence-electron chi connectivity index (χ1n) is 7.82. The van der Waals surface area contributed by atoms with Crippen LogP contribution < -0.4 is 0 Å². The van der Waals surface area contributed by atoms with E-state index in [1.807, 2.05) is 27.7 Å². The zero-order valence-corrected chi connectivity index (χ0v) is 15.6. The molecule has 2 fully saturated rings. The second-order valence-electron chi connectivity index (χ2n) is 6.37. The number of rotatable bonds is 2. The van der Waals surface area contributed by atoms with Crippen LogP contribution in [0.3, 0.4) is 0 Å². The van der Waals surface area contributed by atoms with Crippen molar-refractivity contribution < 1.29 is 24.1 Å². The van der Waals surface area contributed by atoms with Gasteiger partial charge in [0.1, 0.15) is 0 Å². The molecule has 5 nitrogen and oxygen atoms in total. The van der Waals surface area contributed by atoms with Crippen molar-refractivity contribution in [1.82, 2.24) is 0 Å². The van der Waals surface area contributed by atoms with Gasteiger partial charge in [0.2, 0.25) is 0 Å². The van der Waals surface area contributed by atoms with Gasteiger partial charge in [0.05, 0.1) is 33.0 Å². The van der Waals surface area contributed by atoms with Gasteiger partial charge >= 0.3 is 0 Å². The molecule has 0 aliphatic carbocycles. The van der Waals surface area contributed by atoms with Gasteiger partial charge in [-0.25, -0.2) is 0 Å². The van der Waals surface area contributed by atoms with Gasteiger partial charge < -0.3 is 24.1 Å². The van der Waals surface area contributed by atoms with Crippen LogP contribution in [0.2, 0.25) is 0 Å². The maximum absolute atomic E-state index is 8.70. The number of alkyl halides is 1. The van der Waals surface area contributed by atoms with Crippen molar-refractivity contribution in [2.45, 2.75) is 60.0 Å². The second kappa shape index (κ2) is 12.5. The maximum atomic E-state index is 8.70. The summed E-state index contributed by atoms with van der Waals surface area (Å²) in [6.45, 7) is 12.9. The highest BCUT2D eigenvalue weighted by Crippen LogP contribution is 2.21. The molecule has 2 aliphatic rings. The second-order valence-corrected chi connectivity index (χ2v) is 6.37. The van der Waals surface area contributed by atoms with Crippen LogP contribution in [0.15, 0.2) is 0 Å². The zero-order chi connectivity index (χ0) is 17.2. The molecule has 2 saturated heterocycles. The number of ether oxygens (including phenoxy) is 4. The van der Waals surface area contributed by atoms with Crippen molar-refractivity contribution in [3.63, 3.8) is 0 Å². The van der Waals surface area contributed by atoms with E-state index < -0.39 is 5.79 Å². The minimum Gasteiger partial charge on any atom is -0.396 e. The number of hydrogen-bond acceptors (Lipinski definition) is 5. The Hall–Kier alpha value is 0.0900. The number of aliphatic hydroxyl groups excluding tert-OH is 1. The molecule has 0 amide bonds. The Bertz CT molecular complexity index is 236. The molecule has 0 unspecified atom stereocenters. The summed E-state index contributed by atoms with van der Waals surface area (Å²) in [6.07, 6.45) is 2.62. The minimum absolute atomic E-state index is 0. The topological polar surface area (TPSA) is 57.2 Å². The Morgan fingerprint density at radius 2 is 1.13 bits per heavy atom. The van der Waals surface area contributed by atoms with Crippen molar-refractivity contribution in [2.24, 2.45) is 11.8 Å². The standard InChI is InChI=1S/C8H16O2.C7H14O3.CH3Cl.CH4/c1-4-7-5-9-8(2,3)10-6-7;1-7(2)9-4-6(3-8)5-10-7;1-2;/h7H,4-6H2,1-3H3;6,8H,3-5H2,1-2H3;1H3;1H4. The first-order valence-corrected chi connectivity index (χ1v) is 8.58. The van der Waals surface area contributed by atoms with Gasteiger partial charge in [-0.15, -0.1) is 11.6 Å². The lowest BCUT2D eigenvalue weighted by atomic mass is 10.1. The van der Waals surface area contributed by atoms with Crippen LogP contribution in [0.5, 0.6) is 0 Å². The minimum atomic E-state index is -0.453. The van der Waals surface area contributed by atoms with Crippen molar-refractivity contribution in [1.29, 1.82) is 0 Å². The molecule has 0 spiro atoms. The lowest BCUT2D eigenvalue weighted by Gasteiger charge is -2.34. The van der Waals surface area contributed by atoms with Crippen molar-refractivity contribution >= 4 is 11.6 Å². The van der Waals surface area contributed by atoms with E-state index in [2.05, 4.69) is 18.5 Å². The van der Waals surface area contributed by atoms with Crippen LogP contribution in [0.25, 0.3) is 0 Å². The van der Waals surface area contributed by atoms with Gasteiger partial charge in [0, 0.05) is 18.2 Å². The summed E-state index contributed by atoms with van der Waals surface area (Å²) < 4.78 is 21.5. The molecule has 0 aromatic rings. The molecular formula is C17H37ClO5. The highest BCUT2D eigenvalue weighted by atomic mass is 35.5. The third kappa shape index (κ3) is 11.3. The van der Waals surface area contributed by atoms with Gasteiger partial charge in [-0.2, -0.15) is 0 Å². The van der Waals surface area contributed by atoms with E-state index in [4.69, 9.17) is 24.1 Å². The molecule has 23 heavy (non-hydrogen) atoms.